The minimum Gasteiger partial charge on any atom is -0.376 e. The lowest BCUT2D eigenvalue weighted by molar-refractivity contribution is 0.0961. The Kier molecular flexibility index (Phi) is 5.81. The summed E-state index contributed by atoms with van der Waals surface area (Å²) >= 11 is 0. The molecule has 2 aromatic carbocycles. The fourth-order valence-corrected chi connectivity index (χ4v) is 4.21. The van der Waals surface area contributed by atoms with Gasteiger partial charge in [0.2, 0.25) is 0 Å². The van der Waals surface area contributed by atoms with Gasteiger partial charge in [-0.3, -0.25) is 14.4 Å². The van der Waals surface area contributed by atoms with Crippen LogP contribution in [0.5, 0.6) is 0 Å². The molecule has 2 aromatic rings. The average molecular weight is 457 g/mol. The maximum Gasteiger partial charge on any atom is 0.282 e. The molecule has 0 unspecified atom stereocenters. The predicted octanol–water partition coefficient (Wildman–Crippen LogP) is 3.77. The molecule has 3 heterocycles. The molecular weight excluding hydrogens is 432 g/mol. The Morgan fingerprint density at radius 1 is 1.12 bits per heavy atom. The molecule has 34 heavy (non-hydrogen) atoms. The number of nitrogens with zero attached hydrogens (tertiary/aromatic N) is 3. The summed E-state index contributed by atoms with van der Waals surface area (Å²) in [6, 6.07) is 15.9. The Hall–Kier alpha value is -4.04. The number of Topliss-reactive ketones (excluding diaryl/α,β-unsaturated/α-hetero) is 1. The molecule has 8 heteroatoms. The summed E-state index contributed by atoms with van der Waals surface area (Å²) in [6.45, 7) is 2.72. The van der Waals surface area contributed by atoms with E-state index < -0.39 is 5.91 Å². The number of carbonyl (C=O) groups excluding carboxylic acids is 2. The monoisotopic (exact) mass is 456 g/mol. The normalized spacial score (nSPS) is 15.5. The van der Waals surface area contributed by atoms with Crippen LogP contribution in [0.2, 0.25) is 0 Å². The number of aromatic nitrogens is 3. The molecule has 0 spiro atoms. The Bertz CT molecular complexity index is 1380. The van der Waals surface area contributed by atoms with Crippen LogP contribution in [-0.4, -0.2) is 38.7 Å². The lowest BCUT2D eigenvalue weighted by Gasteiger charge is -2.16. The van der Waals surface area contributed by atoms with E-state index in [1.165, 1.54) is 11.6 Å². The highest BCUT2D eigenvalue weighted by molar-refractivity contribution is 6.08. The molecule has 1 amide bonds. The Morgan fingerprint density at radius 2 is 1.94 bits per heavy atom. The Labute approximate surface area is 196 Å². The highest BCUT2D eigenvalue weighted by atomic mass is 16.5. The molecule has 0 aliphatic carbocycles. The van der Waals surface area contributed by atoms with Crippen molar-refractivity contribution in [1.29, 1.82) is 0 Å². The summed E-state index contributed by atoms with van der Waals surface area (Å²) < 4.78 is 8.90. The van der Waals surface area contributed by atoms with Gasteiger partial charge in [0.25, 0.3) is 11.5 Å². The molecule has 0 radical (unpaired) electrons. The highest BCUT2D eigenvalue weighted by Gasteiger charge is 2.26. The van der Waals surface area contributed by atoms with Gasteiger partial charge in [-0.15, -0.1) is 0 Å². The molecule has 3 aliphatic heterocycles. The van der Waals surface area contributed by atoms with Crippen molar-refractivity contribution in [2.45, 2.75) is 32.4 Å². The number of para-hydroxylation sites is 1. The first kappa shape index (κ1) is 21.8. The van der Waals surface area contributed by atoms with Crippen molar-refractivity contribution in [3.05, 3.63) is 88.5 Å². The molecule has 8 nitrogen and oxygen atoms in total. The molecule has 172 valence electrons. The second-order valence-electron chi connectivity index (χ2n) is 8.41. The number of benzene rings is 2. The predicted molar refractivity (Wildman–Crippen MR) is 128 cm³/mol. The molecule has 3 aliphatic rings. The number of rotatable bonds is 6. The number of anilines is 1. The lowest BCUT2D eigenvalue weighted by Crippen LogP contribution is -2.21. The zero-order valence-corrected chi connectivity index (χ0v) is 18.7. The molecule has 5 rings (SSSR count). The van der Waals surface area contributed by atoms with E-state index >= 15 is 0 Å². The smallest absolute Gasteiger partial charge is 0.282 e. The van der Waals surface area contributed by atoms with Gasteiger partial charge in [-0.05, 0) is 44.0 Å². The van der Waals surface area contributed by atoms with E-state index in [0.717, 1.165) is 12.8 Å². The van der Waals surface area contributed by atoms with Crippen LogP contribution in [0, 0.1) is 0 Å². The number of ether oxygens (including phenoxy) is 1. The molecule has 1 N–H and O–H groups in total. The van der Waals surface area contributed by atoms with Gasteiger partial charge in [0.05, 0.1) is 22.9 Å². The fourth-order valence-electron chi connectivity index (χ4n) is 4.21. The zero-order valence-electron chi connectivity index (χ0n) is 18.7. The third-order valence-electron chi connectivity index (χ3n) is 5.93. The Morgan fingerprint density at radius 3 is 2.68 bits per heavy atom. The van der Waals surface area contributed by atoms with Gasteiger partial charge < -0.3 is 14.6 Å². The molecule has 0 bridgehead atoms. The average Bonchev–Trinajstić information content (AvgIpc) is 3.47. The van der Waals surface area contributed by atoms with E-state index in [9.17, 15) is 14.4 Å². The topological polar surface area (TPSA) is 95.2 Å². The standard InChI is InChI=1S/C26H24N4O4/c1-17(31)18-7-5-8-19(13-18)27-25(32)22-15-29(14-21-11-6-12-34-21)16-23-24(22)28-30(26(23)33)20-9-3-2-4-10-20/h2-5,7-10,13,15-16,21H,6,11-12,14H2,1H3,(H,27,32)/t21-/m1/s1. The van der Waals surface area contributed by atoms with E-state index in [-0.39, 0.29) is 23.0 Å². The Balaban J connectivity index is 1.58. The summed E-state index contributed by atoms with van der Waals surface area (Å²) in [5.41, 5.74) is 2.26. The van der Waals surface area contributed by atoms with Crippen LogP contribution in [0.1, 0.15) is 40.5 Å². The summed E-state index contributed by atoms with van der Waals surface area (Å²) in [6.07, 6.45) is 5.39. The first-order valence-corrected chi connectivity index (χ1v) is 11.2. The maximum atomic E-state index is 13.4. The van der Waals surface area contributed by atoms with Crippen LogP contribution in [0.4, 0.5) is 5.69 Å². The number of nitrogens with one attached hydrogen (secondary N) is 1. The molecule has 1 saturated heterocycles. The summed E-state index contributed by atoms with van der Waals surface area (Å²) in [5.74, 6) is -0.504. The summed E-state index contributed by atoms with van der Waals surface area (Å²) in [4.78, 5) is 38.4. The summed E-state index contributed by atoms with van der Waals surface area (Å²) in [7, 11) is 0. The van der Waals surface area contributed by atoms with Crippen LogP contribution < -0.4 is 10.9 Å². The minimum atomic E-state index is -0.412. The number of hydrogen-bond donors (Lipinski definition) is 1. The molecule has 0 saturated carbocycles. The van der Waals surface area contributed by atoms with Crippen molar-refractivity contribution in [2.24, 2.45) is 0 Å². The van der Waals surface area contributed by atoms with E-state index in [0.29, 0.717) is 41.3 Å². The van der Waals surface area contributed by atoms with Crippen LogP contribution >= 0.6 is 0 Å². The van der Waals surface area contributed by atoms with Gasteiger partial charge in [0, 0.05) is 36.8 Å². The van der Waals surface area contributed by atoms with Crippen LogP contribution in [-0.2, 0) is 11.3 Å². The van der Waals surface area contributed by atoms with E-state index in [1.54, 1.807) is 48.8 Å². The number of pyridine rings is 1. The zero-order chi connectivity index (χ0) is 23.7. The molecule has 1 fully saturated rings. The number of amides is 1. The first-order chi connectivity index (χ1) is 16.5. The van der Waals surface area contributed by atoms with Gasteiger partial charge in [-0.1, -0.05) is 30.3 Å². The third-order valence-corrected chi connectivity index (χ3v) is 5.93. The van der Waals surface area contributed by atoms with Crippen molar-refractivity contribution in [3.8, 4) is 16.9 Å². The van der Waals surface area contributed by atoms with Gasteiger partial charge in [0.15, 0.2) is 5.78 Å². The summed E-state index contributed by atoms with van der Waals surface area (Å²) in [5, 5.41) is 7.36. The van der Waals surface area contributed by atoms with Crippen molar-refractivity contribution >= 4 is 17.4 Å². The number of hydrogen-bond acceptors (Lipinski definition) is 5. The van der Waals surface area contributed by atoms with Gasteiger partial charge in [0.1, 0.15) is 5.69 Å². The van der Waals surface area contributed by atoms with Crippen molar-refractivity contribution in [1.82, 2.24) is 14.3 Å². The lowest BCUT2D eigenvalue weighted by atomic mass is 10.1. The number of fused-ring (bicyclic) bond motifs is 1. The van der Waals surface area contributed by atoms with Crippen LogP contribution in [0.15, 0.2) is 71.8 Å². The van der Waals surface area contributed by atoms with Crippen LogP contribution in [0.3, 0.4) is 0 Å². The van der Waals surface area contributed by atoms with E-state index in [1.807, 2.05) is 22.8 Å². The first-order valence-electron chi connectivity index (χ1n) is 11.2. The fraction of sp³-hybridized carbons (Fsp3) is 0.231. The van der Waals surface area contributed by atoms with Crippen molar-refractivity contribution < 1.29 is 14.3 Å². The van der Waals surface area contributed by atoms with Crippen LogP contribution in [0.25, 0.3) is 16.9 Å². The maximum absolute atomic E-state index is 13.4. The number of ketones is 1. The number of carbonyl (C=O) groups is 2. The molecular formula is C26H24N4O4. The van der Waals surface area contributed by atoms with Gasteiger partial charge in [-0.2, -0.15) is 9.78 Å². The van der Waals surface area contributed by atoms with E-state index in [2.05, 4.69) is 10.4 Å². The quantitative estimate of drug-likeness (QED) is 0.446. The van der Waals surface area contributed by atoms with Gasteiger partial charge >= 0.3 is 0 Å². The third kappa shape index (κ3) is 4.27. The largest absolute Gasteiger partial charge is 0.376 e. The second-order valence-corrected chi connectivity index (χ2v) is 8.41. The molecule has 1 atom stereocenters. The minimum absolute atomic E-state index is 0.0323. The SMILES string of the molecule is CC(=O)c1cccc(NC(=O)c2cn(C[C@H]3CCCO3)cc3c(=O)n(-c4ccccc4)nc2-3)c1. The second kappa shape index (κ2) is 9.07. The van der Waals surface area contributed by atoms with E-state index in [4.69, 9.17) is 4.74 Å². The highest BCUT2D eigenvalue weighted by Crippen LogP contribution is 2.25. The van der Waals surface area contributed by atoms with Crippen molar-refractivity contribution in [3.63, 3.8) is 0 Å². The van der Waals surface area contributed by atoms with Crippen molar-refractivity contribution in [2.75, 3.05) is 11.9 Å². The molecule has 0 aromatic heterocycles. The van der Waals surface area contributed by atoms with Gasteiger partial charge in [-0.25, -0.2) is 0 Å².